The fraction of sp³-hybridized carbons (Fsp3) is 0.125. The Morgan fingerprint density at radius 2 is 1.65 bits per heavy atom. The van der Waals surface area contributed by atoms with Crippen molar-refractivity contribution in [1.29, 1.82) is 0 Å². The summed E-state index contributed by atoms with van der Waals surface area (Å²) in [5, 5.41) is 0.863. The minimum Gasteiger partial charge on any atom is -0.315 e. The van der Waals surface area contributed by atoms with E-state index in [0.29, 0.717) is 26.8 Å². The molecule has 0 bridgehead atoms. The van der Waals surface area contributed by atoms with E-state index in [2.05, 4.69) is 0 Å². The summed E-state index contributed by atoms with van der Waals surface area (Å²) in [5.74, 6) is -0.0932. The summed E-state index contributed by atoms with van der Waals surface area (Å²) in [7, 11) is 1.74. The van der Waals surface area contributed by atoms with Crippen molar-refractivity contribution in [1.82, 2.24) is 9.55 Å². The van der Waals surface area contributed by atoms with E-state index in [4.69, 9.17) is 16.6 Å². The van der Waals surface area contributed by atoms with E-state index in [0.717, 1.165) is 5.69 Å². The number of halogens is 1. The van der Waals surface area contributed by atoms with Crippen LogP contribution < -0.4 is 10.5 Å². The second kappa shape index (κ2) is 8.96. The van der Waals surface area contributed by atoms with Crippen LogP contribution in [0.2, 0.25) is 5.02 Å². The molecule has 5 nitrogen and oxygen atoms in total. The second-order valence-electron chi connectivity index (χ2n) is 7.00. The minimum atomic E-state index is -0.480. The number of aromatic nitrogens is 2. The third-order valence-electron chi connectivity index (χ3n) is 4.94. The summed E-state index contributed by atoms with van der Waals surface area (Å²) >= 11 is 7.65. The highest BCUT2D eigenvalue weighted by atomic mass is 35.5. The van der Waals surface area contributed by atoms with Gasteiger partial charge in [0.05, 0.1) is 26.9 Å². The first kappa shape index (κ1) is 21.2. The molecule has 1 heterocycles. The van der Waals surface area contributed by atoms with Gasteiger partial charge in [0.1, 0.15) is 0 Å². The maximum Gasteiger partial charge on any atom is 0.266 e. The van der Waals surface area contributed by atoms with Crippen molar-refractivity contribution in [2.45, 2.75) is 17.3 Å². The normalized spacial score (nSPS) is 12.0. The van der Waals surface area contributed by atoms with Gasteiger partial charge in [-0.3, -0.25) is 14.2 Å². The molecule has 0 aliphatic carbocycles. The Morgan fingerprint density at radius 3 is 2.39 bits per heavy atom. The van der Waals surface area contributed by atoms with Gasteiger partial charge < -0.3 is 4.90 Å². The summed E-state index contributed by atoms with van der Waals surface area (Å²) in [6, 6.07) is 23.7. The number of thioether (sulfide) groups is 1. The molecule has 0 N–H and O–H groups in total. The van der Waals surface area contributed by atoms with Crippen LogP contribution in [0, 0.1) is 0 Å². The Labute approximate surface area is 189 Å². The van der Waals surface area contributed by atoms with Gasteiger partial charge in [-0.15, -0.1) is 0 Å². The van der Waals surface area contributed by atoms with E-state index < -0.39 is 5.25 Å². The zero-order valence-corrected chi connectivity index (χ0v) is 18.6. The third kappa shape index (κ3) is 4.22. The molecule has 0 fully saturated rings. The molecule has 0 spiro atoms. The van der Waals surface area contributed by atoms with Gasteiger partial charge in [0.2, 0.25) is 5.91 Å². The maximum atomic E-state index is 13.4. The maximum absolute atomic E-state index is 13.4. The van der Waals surface area contributed by atoms with Crippen molar-refractivity contribution in [2.24, 2.45) is 0 Å². The smallest absolute Gasteiger partial charge is 0.266 e. The molecular formula is C24H20ClN3O2S. The Bertz CT molecular complexity index is 1310. The minimum absolute atomic E-state index is 0.0932. The molecule has 0 saturated carbocycles. The lowest BCUT2D eigenvalue weighted by molar-refractivity contribution is -0.117. The lowest BCUT2D eigenvalue weighted by atomic mass is 10.2. The standard InChI is InChI=1S/C24H20ClN3O2S/c1-16(22(29)27(2)17-10-4-3-5-11-17)31-24-26-20-14-8-6-12-18(20)23(30)28(24)21-15-9-7-13-19(21)25/h3-16H,1-2H3/t16-/m1/s1. The number of amides is 1. The first-order valence-electron chi connectivity index (χ1n) is 9.73. The van der Waals surface area contributed by atoms with Crippen molar-refractivity contribution in [2.75, 3.05) is 11.9 Å². The zero-order valence-electron chi connectivity index (χ0n) is 17.0. The van der Waals surface area contributed by atoms with Gasteiger partial charge >= 0.3 is 0 Å². The van der Waals surface area contributed by atoms with Gasteiger partial charge in [-0.25, -0.2) is 4.98 Å². The van der Waals surface area contributed by atoms with Crippen LogP contribution in [-0.2, 0) is 4.79 Å². The average molecular weight is 450 g/mol. The molecule has 0 saturated heterocycles. The Hall–Kier alpha value is -3.09. The highest BCUT2D eigenvalue weighted by Gasteiger charge is 2.24. The molecule has 156 valence electrons. The summed E-state index contributed by atoms with van der Waals surface area (Å²) in [6.07, 6.45) is 0. The Morgan fingerprint density at radius 1 is 1.00 bits per heavy atom. The highest BCUT2D eigenvalue weighted by Crippen LogP contribution is 2.29. The van der Waals surface area contributed by atoms with Crippen LogP contribution >= 0.6 is 23.4 Å². The zero-order chi connectivity index (χ0) is 22.0. The number of fused-ring (bicyclic) bond motifs is 1. The molecule has 4 rings (SSSR count). The van der Waals surface area contributed by atoms with Gasteiger partial charge in [-0.1, -0.05) is 65.8 Å². The van der Waals surface area contributed by atoms with Gasteiger partial charge in [0.25, 0.3) is 5.56 Å². The third-order valence-corrected chi connectivity index (χ3v) is 6.30. The molecule has 1 atom stereocenters. The van der Waals surface area contributed by atoms with Gasteiger partial charge in [0.15, 0.2) is 5.16 Å². The molecule has 7 heteroatoms. The quantitative estimate of drug-likeness (QED) is 0.311. The van der Waals surface area contributed by atoms with Gasteiger partial charge in [0, 0.05) is 12.7 Å². The van der Waals surface area contributed by atoms with E-state index in [1.165, 1.54) is 16.3 Å². The number of carbonyl (C=O) groups excluding carboxylic acids is 1. The van der Waals surface area contributed by atoms with Crippen LogP contribution in [0.5, 0.6) is 0 Å². The molecule has 0 aliphatic heterocycles. The van der Waals surface area contributed by atoms with Gasteiger partial charge in [-0.2, -0.15) is 0 Å². The lowest BCUT2D eigenvalue weighted by Crippen LogP contribution is -2.33. The SMILES string of the molecule is C[C@@H](Sc1nc2ccccc2c(=O)n1-c1ccccc1Cl)C(=O)N(C)c1ccccc1. The van der Waals surface area contributed by atoms with Crippen molar-refractivity contribution in [3.63, 3.8) is 0 Å². The summed E-state index contributed by atoms with van der Waals surface area (Å²) in [6.45, 7) is 1.81. The monoisotopic (exact) mass is 449 g/mol. The first-order chi connectivity index (χ1) is 15.0. The number of nitrogens with zero attached hydrogens (tertiary/aromatic N) is 3. The predicted molar refractivity (Wildman–Crippen MR) is 128 cm³/mol. The number of benzene rings is 3. The molecule has 31 heavy (non-hydrogen) atoms. The predicted octanol–water partition coefficient (Wildman–Crippen LogP) is 5.18. The number of para-hydroxylation sites is 3. The van der Waals surface area contributed by atoms with Gasteiger partial charge in [-0.05, 0) is 43.3 Å². The summed E-state index contributed by atoms with van der Waals surface area (Å²) in [5.41, 5.74) is 1.69. The number of rotatable bonds is 5. The molecule has 0 aliphatic rings. The Kier molecular flexibility index (Phi) is 6.11. The van der Waals surface area contributed by atoms with Crippen LogP contribution in [0.15, 0.2) is 88.8 Å². The molecule has 1 amide bonds. The average Bonchev–Trinajstić information content (AvgIpc) is 2.80. The van der Waals surface area contributed by atoms with Crippen LogP contribution in [0.25, 0.3) is 16.6 Å². The van der Waals surface area contributed by atoms with E-state index >= 15 is 0 Å². The molecule has 1 aromatic heterocycles. The number of hydrogen-bond acceptors (Lipinski definition) is 4. The highest BCUT2D eigenvalue weighted by molar-refractivity contribution is 8.00. The lowest BCUT2D eigenvalue weighted by Gasteiger charge is -2.22. The first-order valence-corrected chi connectivity index (χ1v) is 11.0. The number of carbonyl (C=O) groups is 1. The topological polar surface area (TPSA) is 55.2 Å². The summed E-state index contributed by atoms with van der Waals surface area (Å²) in [4.78, 5) is 32.8. The van der Waals surface area contributed by atoms with E-state index in [1.807, 2.05) is 49.4 Å². The molecule has 4 aromatic rings. The van der Waals surface area contributed by atoms with Crippen molar-refractivity contribution >= 4 is 45.9 Å². The van der Waals surface area contributed by atoms with Crippen LogP contribution in [0.4, 0.5) is 5.69 Å². The van der Waals surface area contributed by atoms with Crippen molar-refractivity contribution in [3.8, 4) is 5.69 Å². The van der Waals surface area contributed by atoms with Crippen LogP contribution in [0.3, 0.4) is 0 Å². The van der Waals surface area contributed by atoms with E-state index in [-0.39, 0.29) is 11.5 Å². The van der Waals surface area contributed by atoms with E-state index in [9.17, 15) is 9.59 Å². The van der Waals surface area contributed by atoms with E-state index in [1.54, 1.807) is 48.3 Å². The number of hydrogen-bond donors (Lipinski definition) is 0. The largest absolute Gasteiger partial charge is 0.315 e. The molecule has 0 unspecified atom stereocenters. The molecule has 3 aromatic carbocycles. The fourth-order valence-electron chi connectivity index (χ4n) is 3.30. The van der Waals surface area contributed by atoms with Crippen molar-refractivity contribution in [3.05, 3.63) is 94.2 Å². The molecular weight excluding hydrogens is 430 g/mol. The fourth-order valence-corrected chi connectivity index (χ4v) is 4.53. The summed E-state index contributed by atoms with van der Waals surface area (Å²) < 4.78 is 1.49. The van der Waals surface area contributed by atoms with Crippen LogP contribution in [-0.4, -0.2) is 27.8 Å². The Balaban J connectivity index is 1.78. The van der Waals surface area contributed by atoms with Crippen LogP contribution in [0.1, 0.15) is 6.92 Å². The van der Waals surface area contributed by atoms with Crippen molar-refractivity contribution < 1.29 is 4.79 Å². The molecule has 0 radical (unpaired) electrons. The number of anilines is 1. The second-order valence-corrected chi connectivity index (χ2v) is 8.71.